The van der Waals surface area contributed by atoms with Crippen molar-refractivity contribution in [2.45, 2.75) is 189 Å². The predicted molar refractivity (Wildman–Crippen MR) is 202 cm³/mol. The summed E-state index contributed by atoms with van der Waals surface area (Å²) in [6.07, 6.45) is 41.2. The van der Waals surface area contributed by atoms with Crippen LogP contribution in [0.4, 0.5) is 0 Å². The number of ether oxygens (including phenoxy) is 1. The van der Waals surface area contributed by atoms with E-state index in [0.29, 0.717) is 17.3 Å². The van der Waals surface area contributed by atoms with Crippen LogP contribution >= 0.6 is 0 Å². The van der Waals surface area contributed by atoms with Gasteiger partial charge in [-0.15, -0.1) is 0 Å². The summed E-state index contributed by atoms with van der Waals surface area (Å²) in [5.74, 6) is 4.34. The first-order valence-electron chi connectivity index (χ1n) is 20.5. The van der Waals surface area contributed by atoms with Gasteiger partial charge in [0, 0.05) is 12.8 Å². The van der Waals surface area contributed by atoms with Gasteiger partial charge in [0.05, 0.1) is 0 Å². The van der Waals surface area contributed by atoms with Crippen LogP contribution in [-0.4, -0.2) is 12.1 Å². The SMILES string of the molecule is CCCCC/C=C/C/C=C\CCCCCCCC(=O)O[C@H]1CC[C@@]2(C)C(=CC[C@H]3[C@@H]4CC[C@H]([C@H](C)CCC=C(C)C)[C@@]4(C)CC[C@@H]32)C1. The molecule has 4 aliphatic rings. The van der Waals surface area contributed by atoms with Crippen LogP contribution in [0.1, 0.15) is 183 Å². The molecule has 0 spiro atoms. The number of allylic oxidation sites excluding steroid dienone is 7. The highest BCUT2D eigenvalue weighted by molar-refractivity contribution is 5.69. The highest BCUT2D eigenvalue weighted by Gasteiger charge is 2.59. The Hall–Kier alpha value is -1.57. The van der Waals surface area contributed by atoms with Gasteiger partial charge in [0.25, 0.3) is 0 Å². The van der Waals surface area contributed by atoms with Crippen LogP contribution in [0.15, 0.2) is 47.6 Å². The zero-order valence-corrected chi connectivity index (χ0v) is 31.8. The van der Waals surface area contributed by atoms with Crippen molar-refractivity contribution in [3.05, 3.63) is 47.6 Å². The van der Waals surface area contributed by atoms with Crippen molar-refractivity contribution in [3.63, 3.8) is 0 Å². The Bertz CT molecular complexity index is 1070. The lowest BCUT2D eigenvalue weighted by molar-refractivity contribution is -0.151. The molecule has 0 heterocycles. The van der Waals surface area contributed by atoms with Gasteiger partial charge in [-0.05, 0) is 151 Å². The molecule has 2 nitrogen and oxygen atoms in total. The fraction of sp³-hybridized carbons (Fsp3) is 0.800. The Balaban J connectivity index is 1.13. The fourth-order valence-corrected chi connectivity index (χ4v) is 10.9. The van der Waals surface area contributed by atoms with E-state index < -0.39 is 0 Å². The zero-order chi connectivity index (χ0) is 33.7. The summed E-state index contributed by atoms with van der Waals surface area (Å²) in [7, 11) is 0. The molecule has 8 atom stereocenters. The normalized spacial score (nSPS) is 32.5. The molecular weight excluding hydrogens is 572 g/mol. The highest BCUT2D eigenvalue weighted by Crippen LogP contribution is 2.67. The van der Waals surface area contributed by atoms with Crippen molar-refractivity contribution in [1.29, 1.82) is 0 Å². The van der Waals surface area contributed by atoms with Crippen LogP contribution in [0.5, 0.6) is 0 Å². The summed E-state index contributed by atoms with van der Waals surface area (Å²) in [6.45, 7) is 14.6. The van der Waals surface area contributed by atoms with Crippen molar-refractivity contribution in [1.82, 2.24) is 0 Å². The summed E-state index contributed by atoms with van der Waals surface area (Å²) in [5.41, 5.74) is 3.95. The van der Waals surface area contributed by atoms with E-state index >= 15 is 0 Å². The molecule has 0 amide bonds. The molecule has 0 radical (unpaired) electrons. The Kier molecular flexibility index (Phi) is 15.4. The minimum absolute atomic E-state index is 0.0442. The van der Waals surface area contributed by atoms with E-state index in [1.54, 1.807) is 5.57 Å². The third-order valence-electron chi connectivity index (χ3n) is 13.6. The Morgan fingerprint density at radius 2 is 1.60 bits per heavy atom. The maximum atomic E-state index is 12.8. The van der Waals surface area contributed by atoms with E-state index in [4.69, 9.17) is 4.74 Å². The van der Waals surface area contributed by atoms with Crippen LogP contribution < -0.4 is 0 Å². The minimum atomic E-state index is 0.0442. The van der Waals surface area contributed by atoms with Gasteiger partial charge in [0.15, 0.2) is 0 Å². The average molecular weight is 647 g/mol. The fourth-order valence-electron chi connectivity index (χ4n) is 10.9. The van der Waals surface area contributed by atoms with E-state index in [2.05, 4.69) is 78.0 Å². The number of unbranched alkanes of at least 4 members (excludes halogenated alkanes) is 8. The maximum absolute atomic E-state index is 12.8. The third-order valence-corrected chi connectivity index (χ3v) is 13.6. The second-order valence-electron chi connectivity index (χ2n) is 17.2. The van der Waals surface area contributed by atoms with Crippen molar-refractivity contribution in [2.75, 3.05) is 0 Å². The zero-order valence-electron chi connectivity index (χ0n) is 31.8. The van der Waals surface area contributed by atoms with E-state index in [1.165, 1.54) is 108 Å². The number of fused-ring (bicyclic) bond motifs is 5. The third kappa shape index (κ3) is 10.5. The lowest BCUT2D eigenvalue weighted by atomic mass is 9.47. The van der Waals surface area contributed by atoms with Crippen LogP contribution in [0.3, 0.4) is 0 Å². The van der Waals surface area contributed by atoms with Crippen molar-refractivity contribution < 1.29 is 9.53 Å². The molecule has 2 heteroatoms. The van der Waals surface area contributed by atoms with Gasteiger partial charge in [0.1, 0.15) is 6.10 Å². The number of hydrogen-bond donors (Lipinski definition) is 0. The van der Waals surface area contributed by atoms with E-state index in [1.807, 2.05) is 0 Å². The largest absolute Gasteiger partial charge is 0.462 e. The highest BCUT2D eigenvalue weighted by atomic mass is 16.5. The summed E-state index contributed by atoms with van der Waals surface area (Å²) < 4.78 is 6.11. The minimum Gasteiger partial charge on any atom is -0.462 e. The maximum Gasteiger partial charge on any atom is 0.306 e. The van der Waals surface area contributed by atoms with Gasteiger partial charge in [-0.1, -0.05) is 107 Å². The predicted octanol–water partition coefficient (Wildman–Crippen LogP) is 13.7. The van der Waals surface area contributed by atoms with Crippen LogP contribution in [0.2, 0.25) is 0 Å². The van der Waals surface area contributed by atoms with Gasteiger partial charge in [-0.2, -0.15) is 0 Å². The van der Waals surface area contributed by atoms with Gasteiger partial charge < -0.3 is 4.74 Å². The quantitative estimate of drug-likeness (QED) is 0.0793. The van der Waals surface area contributed by atoms with Gasteiger partial charge in [-0.25, -0.2) is 0 Å². The standard InChI is InChI=1S/C45H74O2/c1-7-8-9-10-11-12-13-14-15-16-17-18-19-20-21-25-43(46)47-38-30-32-44(5)37(34-38)26-27-39-41-29-28-40(36(4)24-22-23-35(2)3)45(41,6)33-31-42(39)44/h11-12,14-15,23,26,36,38-42H,7-10,13,16-22,24-25,27-34H2,1-6H3/b12-11+,15-14-/t36-,38+,39+,40-,41+,42+,44+,45-/m1/s1. The summed E-state index contributed by atoms with van der Waals surface area (Å²) in [5, 5.41) is 0. The van der Waals surface area contributed by atoms with Crippen LogP contribution in [-0.2, 0) is 9.53 Å². The van der Waals surface area contributed by atoms with Crippen molar-refractivity contribution in [3.8, 4) is 0 Å². The van der Waals surface area contributed by atoms with Crippen molar-refractivity contribution >= 4 is 5.97 Å². The lowest BCUT2D eigenvalue weighted by Crippen LogP contribution is -2.51. The smallest absolute Gasteiger partial charge is 0.306 e. The van der Waals surface area contributed by atoms with Crippen LogP contribution in [0.25, 0.3) is 0 Å². The Labute approximate surface area is 291 Å². The van der Waals surface area contributed by atoms with Gasteiger partial charge in [-0.3, -0.25) is 4.79 Å². The van der Waals surface area contributed by atoms with E-state index in [9.17, 15) is 4.79 Å². The first-order chi connectivity index (χ1) is 22.7. The second kappa shape index (κ2) is 19.0. The molecule has 0 aromatic heterocycles. The molecule has 266 valence electrons. The molecule has 47 heavy (non-hydrogen) atoms. The molecule has 3 fully saturated rings. The second-order valence-corrected chi connectivity index (χ2v) is 17.2. The molecule has 3 saturated carbocycles. The number of hydrogen-bond acceptors (Lipinski definition) is 2. The molecule has 4 aliphatic carbocycles. The molecular formula is C45H74O2. The Morgan fingerprint density at radius 3 is 2.34 bits per heavy atom. The monoisotopic (exact) mass is 647 g/mol. The van der Waals surface area contributed by atoms with Crippen LogP contribution in [0, 0.1) is 40.4 Å². The number of carbonyl (C=O) groups excluding carboxylic acids is 1. The van der Waals surface area contributed by atoms with E-state index in [-0.39, 0.29) is 12.1 Å². The van der Waals surface area contributed by atoms with E-state index in [0.717, 1.165) is 61.7 Å². The van der Waals surface area contributed by atoms with Gasteiger partial charge >= 0.3 is 5.97 Å². The van der Waals surface area contributed by atoms with Crippen molar-refractivity contribution in [2.24, 2.45) is 40.4 Å². The number of esters is 1. The number of carbonyl (C=O) groups is 1. The van der Waals surface area contributed by atoms with Gasteiger partial charge in [0.2, 0.25) is 0 Å². The summed E-state index contributed by atoms with van der Waals surface area (Å²) >= 11 is 0. The summed E-state index contributed by atoms with van der Waals surface area (Å²) in [4.78, 5) is 12.8. The molecule has 4 rings (SSSR count). The topological polar surface area (TPSA) is 26.3 Å². The molecule has 0 aromatic carbocycles. The first-order valence-corrected chi connectivity index (χ1v) is 20.5. The molecule has 0 aliphatic heterocycles. The summed E-state index contributed by atoms with van der Waals surface area (Å²) in [6, 6.07) is 0. The molecule has 0 saturated heterocycles. The number of rotatable bonds is 19. The lowest BCUT2D eigenvalue weighted by Gasteiger charge is -2.58. The molecule has 0 aromatic rings. The molecule has 0 N–H and O–H groups in total. The Morgan fingerprint density at radius 1 is 0.872 bits per heavy atom. The molecule has 0 unspecified atom stereocenters. The average Bonchev–Trinajstić information content (AvgIpc) is 3.40. The first kappa shape index (κ1) is 38.2. The molecule has 0 bridgehead atoms.